The molecular weight excluding hydrogens is 267 g/mol. The molecule has 0 saturated carbocycles. The van der Waals surface area contributed by atoms with Gasteiger partial charge in [-0.25, -0.2) is 4.39 Å². The molecule has 1 heterocycles. The third-order valence-corrected chi connectivity index (χ3v) is 3.37. The lowest BCUT2D eigenvalue weighted by molar-refractivity contribution is 0.334. The Morgan fingerprint density at radius 1 is 1.50 bits per heavy atom. The van der Waals surface area contributed by atoms with Gasteiger partial charge in [0.15, 0.2) is 5.82 Å². The molecule has 14 heavy (non-hydrogen) atoms. The van der Waals surface area contributed by atoms with Crippen molar-refractivity contribution < 1.29 is 9.13 Å². The molecule has 0 unspecified atom stereocenters. The van der Waals surface area contributed by atoms with Gasteiger partial charge < -0.3 is 4.74 Å². The molecule has 1 aromatic carbocycles. The van der Waals surface area contributed by atoms with Crippen molar-refractivity contribution in [1.82, 2.24) is 0 Å². The van der Waals surface area contributed by atoms with Crippen LogP contribution in [0.1, 0.15) is 6.92 Å². The van der Waals surface area contributed by atoms with Gasteiger partial charge in [0.25, 0.3) is 0 Å². The maximum absolute atomic E-state index is 13.6. The van der Waals surface area contributed by atoms with E-state index < -0.39 is 0 Å². The minimum atomic E-state index is -0.251. The molecule has 1 aromatic heterocycles. The van der Waals surface area contributed by atoms with Crippen molar-refractivity contribution in [3.8, 4) is 5.06 Å². The number of halogens is 2. The first kappa shape index (κ1) is 9.93. The van der Waals surface area contributed by atoms with E-state index in [9.17, 15) is 4.39 Å². The number of ether oxygens (including phenoxy) is 1. The highest BCUT2D eigenvalue weighted by molar-refractivity contribution is 9.10. The van der Waals surface area contributed by atoms with E-state index in [1.54, 1.807) is 6.07 Å². The Kier molecular flexibility index (Phi) is 2.74. The molecule has 0 aliphatic carbocycles. The van der Waals surface area contributed by atoms with Crippen molar-refractivity contribution in [2.45, 2.75) is 6.92 Å². The normalized spacial score (nSPS) is 10.8. The minimum absolute atomic E-state index is 0.251. The minimum Gasteiger partial charge on any atom is -0.482 e. The highest BCUT2D eigenvalue weighted by atomic mass is 79.9. The van der Waals surface area contributed by atoms with Gasteiger partial charge >= 0.3 is 0 Å². The number of benzene rings is 1. The molecule has 0 N–H and O–H groups in total. The average Bonchev–Trinajstić information content (AvgIpc) is 2.44. The fourth-order valence-corrected chi connectivity index (χ4v) is 2.78. The predicted octanol–water partition coefficient (Wildman–Crippen LogP) is 4.20. The molecule has 0 radical (unpaired) electrons. The van der Waals surface area contributed by atoms with E-state index in [4.69, 9.17) is 4.74 Å². The third-order valence-electron chi connectivity index (χ3n) is 1.84. The lowest BCUT2D eigenvalue weighted by atomic mass is 10.2. The summed E-state index contributed by atoms with van der Waals surface area (Å²) in [5.74, 6) is -0.251. The van der Waals surface area contributed by atoms with Crippen LogP contribution >= 0.6 is 27.3 Å². The van der Waals surface area contributed by atoms with Gasteiger partial charge in [-0.2, -0.15) is 0 Å². The van der Waals surface area contributed by atoms with E-state index in [1.165, 1.54) is 11.3 Å². The molecule has 0 bridgehead atoms. The number of hydrogen-bond donors (Lipinski definition) is 0. The summed E-state index contributed by atoms with van der Waals surface area (Å²) >= 11 is 4.68. The van der Waals surface area contributed by atoms with Crippen molar-refractivity contribution in [2.75, 3.05) is 6.61 Å². The lowest BCUT2D eigenvalue weighted by Crippen LogP contribution is -1.89. The van der Waals surface area contributed by atoms with Crippen LogP contribution in [0.5, 0.6) is 5.06 Å². The Bertz CT molecular complexity index is 466. The number of thiophene rings is 1. The number of fused-ring (bicyclic) bond motifs is 1. The third kappa shape index (κ3) is 1.64. The highest BCUT2D eigenvalue weighted by Crippen LogP contribution is 2.37. The Labute approximate surface area is 93.6 Å². The van der Waals surface area contributed by atoms with Crippen LogP contribution in [0, 0.1) is 5.82 Å². The number of rotatable bonds is 2. The van der Waals surface area contributed by atoms with Gasteiger partial charge in [0.2, 0.25) is 5.06 Å². The summed E-state index contributed by atoms with van der Waals surface area (Å²) in [4.78, 5) is 0. The summed E-state index contributed by atoms with van der Waals surface area (Å²) in [6.45, 7) is 2.34. The van der Waals surface area contributed by atoms with Gasteiger partial charge in [-0.1, -0.05) is 27.3 Å². The van der Waals surface area contributed by atoms with Crippen molar-refractivity contribution in [3.63, 3.8) is 0 Å². The second kappa shape index (κ2) is 3.87. The average molecular weight is 275 g/mol. The molecule has 0 fully saturated rings. The van der Waals surface area contributed by atoms with E-state index >= 15 is 0 Å². The molecule has 0 aliphatic heterocycles. The SMILES string of the molecule is CCOc1sc2cc(Br)ccc2c1F. The largest absolute Gasteiger partial charge is 0.482 e. The van der Waals surface area contributed by atoms with Crippen LogP contribution in [0.25, 0.3) is 10.1 Å². The smallest absolute Gasteiger partial charge is 0.211 e. The molecule has 0 spiro atoms. The van der Waals surface area contributed by atoms with Crippen LogP contribution in [0.2, 0.25) is 0 Å². The molecule has 1 nitrogen and oxygen atoms in total. The van der Waals surface area contributed by atoms with Gasteiger partial charge in [-0.15, -0.1) is 0 Å². The monoisotopic (exact) mass is 274 g/mol. The highest BCUT2D eigenvalue weighted by Gasteiger charge is 2.12. The fraction of sp³-hybridized carbons (Fsp3) is 0.200. The van der Waals surface area contributed by atoms with Gasteiger partial charge in [0.05, 0.1) is 6.61 Å². The first-order valence-corrected chi connectivity index (χ1v) is 5.83. The second-order valence-corrected chi connectivity index (χ2v) is 4.71. The zero-order valence-electron chi connectivity index (χ0n) is 7.51. The van der Waals surface area contributed by atoms with E-state index in [0.717, 1.165) is 9.17 Å². The van der Waals surface area contributed by atoms with E-state index in [-0.39, 0.29) is 5.82 Å². The van der Waals surface area contributed by atoms with E-state index in [0.29, 0.717) is 17.1 Å². The van der Waals surface area contributed by atoms with Crippen molar-refractivity contribution in [3.05, 3.63) is 28.5 Å². The van der Waals surface area contributed by atoms with Crippen molar-refractivity contribution in [2.24, 2.45) is 0 Å². The summed E-state index contributed by atoms with van der Waals surface area (Å²) in [6.07, 6.45) is 0. The predicted molar refractivity (Wildman–Crippen MR) is 60.7 cm³/mol. The van der Waals surface area contributed by atoms with E-state index in [1.807, 2.05) is 19.1 Å². The summed E-state index contributed by atoms with van der Waals surface area (Å²) in [7, 11) is 0. The van der Waals surface area contributed by atoms with Crippen LogP contribution in [0.4, 0.5) is 4.39 Å². The Balaban J connectivity index is 2.61. The van der Waals surface area contributed by atoms with Crippen LogP contribution in [-0.4, -0.2) is 6.61 Å². The molecule has 0 amide bonds. The Morgan fingerprint density at radius 2 is 2.29 bits per heavy atom. The van der Waals surface area contributed by atoms with Crippen molar-refractivity contribution in [1.29, 1.82) is 0 Å². The molecule has 74 valence electrons. The van der Waals surface area contributed by atoms with Gasteiger partial charge in [0.1, 0.15) is 0 Å². The Morgan fingerprint density at radius 3 is 3.00 bits per heavy atom. The molecule has 2 aromatic rings. The maximum atomic E-state index is 13.6. The summed E-state index contributed by atoms with van der Waals surface area (Å²) in [5, 5.41) is 1.00. The summed E-state index contributed by atoms with van der Waals surface area (Å²) in [5.41, 5.74) is 0. The quantitative estimate of drug-likeness (QED) is 0.798. The standard InChI is InChI=1S/C10H8BrFOS/c1-2-13-10-9(12)7-4-3-6(11)5-8(7)14-10/h3-5H,2H2,1H3. The van der Waals surface area contributed by atoms with Gasteiger partial charge in [-0.3, -0.25) is 0 Å². The Hall–Kier alpha value is -0.610. The first-order chi connectivity index (χ1) is 6.72. The molecule has 2 rings (SSSR count). The van der Waals surface area contributed by atoms with Gasteiger partial charge in [-0.05, 0) is 25.1 Å². The van der Waals surface area contributed by atoms with Crippen LogP contribution < -0.4 is 4.74 Å². The van der Waals surface area contributed by atoms with Gasteiger partial charge in [0, 0.05) is 14.6 Å². The summed E-state index contributed by atoms with van der Waals surface area (Å²) < 4.78 is 20.7. The van der Waals surface area contributed by atoms with Crippen LogP contribution in [0.15, 0.2) is 22.7 Å². The second-order valence-electron chi connectivity index (χ2n) is 2.78. The van der Waals surface area contributed by atoms with Crippen LogP contribution in [0.3, 0.4) is 0 Å². The lowest BCUT2D eigenvalue weighted by Gasteiger charge is -1.96. The van der Waals surface area contributed by atoms with Crippen LogP contribution in [-0.2, 0) is 0 Å². The molecular formula is C10H8BrFOS. The topological polar surface area (TPSA) is 9.23 Å². The van der Waals surface area contributed by atoms with Crippen molar-refractivity contribution >= 4 is 37.4 Å². The van der Waals surface area contributed by atoms with E-state index in [2.05, 4.69) is 15.9 Å². The molecule has 0 atom stereocenters. The molecule has 4 heteroatoms. The maximum Gasteiger partial charge on any atom is 0.211 e. The number of hydrogen-bond acceptors (Lipinski definition) is 2. The summed E-state index contributed by atoms with van der Waals surface area (Å²) in [6, 6.07) is 5.48. The zero-order chi connectivity index (χ0) is 10.1. The molecule has 0 aliphatic rings. The fourth-order valence-electron chi connectivity index (χ4n) is 1.24. The molecule has 0 saturated heterocycles. The first-order valence-electron chi connectivity index (χ1n) is 4.22. The zero-order valence-corrected chi connectivity index (χ0v) is 9.91.